The highest BCUT2D eigenvalue weighted by molar-refractivity contribution is 6.99. The second kappa shape index (κ2) is 16.2. The highest BCUT2D eigenvalue weighted by Crippen LogP contribution is 2.37. The normalized spacial score (nSPS) is 14.7. The van der Waals surface area contributed by atoms with Crippen molar-refractivity contribution >= 4 is 30.3 Å². The summed E-state index contributed by atoms with van der Waals surface area (Å²) >= 11 is 0. The lowest BCUT2D eigenvalue weighted by molar-refractivity contribution is -0.140. The van der Waals surface area contributed by atoms with Crippen molar-refractivity contribution in [1.29, 1.82) is 0 Å². The standard InChI is InChI=1S/C38H51NO5Si/c1-6-7-18-34-25-33(26-37(41)44-34)39-32(24-23-30-16-14-15-17-31(30)27-42-29(2)40)28-43-45(38(3,4)5,35-19-10-8-11-20-35)36-21-12-9-13-22-36/h8-13,19-22,25-26,32,39H,6-7,14-18,23-24,27-28H2,1-5H3/t32-/m1/s1. The number of carbonyl (C=O) groups excluding carboxylic acids is 1. The number of allylic oxidation sites excluding steroid dienone is 1. The number of ether oxygens (including phenoxy) is 1. The Kier molecular flexibility index (Phi) is 12.4. The molecule has 0 saturated heterocycles. The topological polar surface area (TPSA) is 77.8 Å². The molecule has 242 valence electrons. The van der Waals surface area contributed by atoms with E-state index in [1.165, 1.54) is 28.4 Å². The van der Waals surface area contributed by atoms with Crippen LogP contribution in [0.5, 0.6) is 0 Å². The second-order valence-electron chi connectivity index (χ2n) is 13.3. The van der Waals surface area contributed by atoms with Gasteiger partial charge >= 0.3 is 11.6 Å². The summed E-state index contributed by atoms with van der Waals surface area (Å²) in [6.45, 7) is 11.3. The quantitative estimate of drug-likeness (QED) is 0.106. The summed E-state index contributed by atoms with van der Waals surface area (Å²) in [6, 6.07) is 24.8. The van der Waals surface area contributed by atoms with Gasteiger partial charge in [0, 0.05) is 37.2 Å². The van der Waals surface area contributed by atoms with Crippen LogP contribution in [0.2, 0.25) is 5.04 Å². The van der Waals surface area contributed by atoms with Crippen LogP contribution in [0.1, 0.15) is 91.7 Å². The maximum Gasteiger partial charge on any atom is 0.337 e. The highest BCUT2D eigenvalue weighted by atomic mass is 28.4. The number of benzene rings is 2. The lowest BCUT2D eigenvalue weighted by atomic mass is 9.88. The summed E-state index contributed by atoms with van der Waals surface area (Å²) in [5.41, 5.74) is 3.07. The third-order valence-electron chi connectivity index (χ3n) is 8.84. The third-order valence-corrected chi connectivity index (χ3v) is 13.8. The number of hydrogen-bond donors (Lipinski definition) is 1. The smallest absolute Gasteiger partial charge is 0.337 e. The molecule has 0 unspecified atom stereocenters. The number of nitrogens with one attached hydrogen (secondary N) is 1. The van der Waals surface area contributed by atoms with Crippen LogP contribution in [0.3, 0.4) is 0 Å². The van der Waals surface area contributed by atoms with Gasteiger partial charge in [0.1, 0.15) is 12.4 Å². The van der Waals surface area contributed by atoms with Crippen molar-refractivity contribution in [3.05, 3.63) is 100 Å². The predicted octanol–water partition coefficient (Wildman–Crippen LogP) is 7.55. The molecule has 1 atom stereocenters. The average Bonchev–Trinajstić information content (AvgIpc) is 3.02. The van der Waals surface area contributed by atoms with Crippen molar-refractivity contribution in [3.63, 3.8) is 0 Å². The first-order valence-electron chi connectivity index (χ1n) is 16.6. The van der Waals surface area contributed by atoms with Crippen LogP contribution in [0.25, 0.3) is 0 Å². The van der Waals surface area contributed by atoms with Crippen LogP contribution >= 0.6 is 0 Å². The van der Waals surface area contributed by atoms with Crippen LogP contribution in [0.4, 0.5) is 5.69 Å². The Morgan fingerprint density at radius 2 is 1.56 bits per heavy atom. The van der Waals surface area contributed by atoms with Crippen LogP contribution in [0, 0.1) is 0 Å². The van der Waals surface area contributed by atoms with Gasteiger partial charge in [-0.2, -0.15) is 0 Å². The van der Waals surface area contributed by atoms with E-state index >= 15 is 0 Å². The molecule has 45 heavy (non-hydrogen) atoms. The molecule has 0 saturated carbocycles. The SMILES string of the molecule is CCCCc1cc(N[C@H](CCC2=C(COC(C)=O)CCCC2)CO[Si](c2ccccc2)(c2ccccc2)C(C)(C)C)cc(=O)o1. The van der Waals surface area contributed by atoms with Gasteiger partial charge in [-0.1, -0.05) is 100 Å². The van der Waals surface area contributed by atoms with Gasteiger partial charge in [-0.3, -0.25) is 4.79 Å². The Balaban J connectivity index is 1.69. The summed E-state index contributed by atoms with van der Waals surface area (Å²) in [7, 11) is -2.77. The van der Waals surface area contributed by atoms with Crippen molar-refractivity contribution in [2.24, 2.45) is 0 Å². The van der Waals surface area contributed by atoms with E-state index in [0.717, 1.165) is 63.5 Å². The van der Waals surface area contributed by atoms with Crippen molar-refractivity contribution in [2.45, 2.75) is 103 Å². The molecular formula is C38H51NO5Si. The first-order valence-corrected chi connectivity index (χ1v) is 18.5. The lowest BCUT2D eigenvalue weighted by Crippen LogP contribution is -2.67. The minimum Gasteiger partial charge on any atom is -0.461 e. The highest BCUT2D eigenvalue weighted by Gasteiger charge is 2.50. The summed E-state index contributed by atoms with van der Waals surface area (Å²) in [6.07, 6.45) is 8.69. The molecule has 7 heteroatoms. The molecule has 0 radical (unpaired) electrons. The molecule has 2 aromatic carbocycles. The number of aryl methyl sites for hydroxylation is 1. The van der Waals surface area contributed by atoms with E-state index in [-0.39, 0.29) is 22.7 Å². The molecule has 0 aliphatic heterocycles. The number of unbranched alkanes of at least 4 members (excludes halogenated alkanes) is 1. The first-order chi connectivity index (χ1) is 21.6. The summed E-state index contributed by atoms with van der Waals surface area (Å²) in [4.78, 5) is 24.1. The van der Waals surface area contributed by atoms with Crippen LogP contribution in [-0.4, -0.2) is 33.5 Å². The van der Waals surface area contributed by atoms with Crippen molar-refractivity contribution < 1.29 is 18.4 Å². The van der Waals surface area contributed by atoms with E-state index in [2.05, 4.69) is 93.7 Å². The van der Waals surface area contributed by atoms with E-state index in [1.807, 2.05) is 6.07 Å². The lowest BCUT2D eigenvalue weighted by Gasteiger charge is -2.44. The zero-order chi connectivity index (χ0) is 32.3. The van der Waals surface area contributed by atoms with Crippen molar-refractivity contribution in [2.75, 3.05) is 18.5 Å². The summed E-state index contributed by atoms with van der Waals surface area (Å²) < 4.78 is 18.3. The number of rotatable bonds is 15. The molecule has 1 heterocycles. The Morgan fingerprint density at radius 3 is 2.13 bits per heavy atom. The maximum atomic E-state index is 12.6. The minimum absolute atomic E-state index is 0.0584. The van der Waals surface area contributed by atoms with Gasteiger partial charge in [-0.25, -0.2) is 4.79 Å². The van der Waals surface area contributed by atoms with E-state index < -0.39 is 8.32 Å². The number of hydrogen-bond acceptors (Lipinski definition) is 6. The molecule has 0 bridgehead atoms. The van der Waals surface area contributed by atoms with Gasteiger partial charge in [-0.05, 0) is 65.9 Å². The largest absolute Gasteiger partial charge is 0.461 e. The van der Waals surface area contributed by atoms with Gasteiger partial charge in [0.2, 0.25) is 0 Å². The fourth-order valence-electron chi connectivity index (χ4n) is 6.55. The Labute approximate surface area is 270 Å². The minimum atomic E-state index is -2.77. The number of esters is 1. The average molecular weight is 630 g/mol. The fourth-order valence-corrected chi connectivity index (χ4v) is 11.2. The number of carbonyl (C=O) groups is 1. The molecule has 0 fully saturated rings. The van der Waals surface area contributed by atoms with Gasteiger partial charge in [0.05, 0.1) is 6.61 Å². The predicted molar refractivity (Wildman–Crippen MR) is 186 cm³/mol. The van der Waals surface area contributed by atoms with Crippen molar-refractivity contribution in [3.8, 4) is 0 Å². The van der Waals surface area contributed by atoms with E-state index in [9.17, 15) is 9.59 Å². The molecule has 1 aliphatic rings. The Morgan fingerprint density at radius 1 is 0.933 bits per heavy atom. The number of anilines is 1. The van der Waals surface area contributed by atoms with Gasteiger partial charge in [0.15, 0.2) is 0 Å². The second-order valence-corrected chi connectivity index (χ2v) is 17.6. The molecule has 6 nitrogen and oxygen atoms in total. The van der Waals surface area contributed by atoms with Crippen LogP contribution in [0.15, 0.2) is 93.2 Å². The van der Waals surface area contributed by atoms with Gasteiger partial charge in [-0.15, -0.1) is 0 Å². The third kappa shape index (κ3) is 9.30. The van der Waals surface area contributed by atoms with Crippen LogP contribution < -0.4 is 21.3 Å². The van der Waals surface area contributed by atoms with E-state index in [4.69, 9.17) is 13.6 Å². The molecule has 1 aromatic heterocycles. The maximum absolute atomic E-state index is 12.6. The molecule has 1 aliphatic carbocycles. The fraction of sp³-hybridized carbons (Fsp3) is 0.474. The molecule has 1 N–H and O–H groups in total. The molecule has 4 rings (SSSR count). The van der Waals surface area contributed by atoms with E-state index in [0.29, 0.717) is 19.0 Å². The zero-order valence-corrected chi connectivity index (χ0v) is 28.8. The summed E-state index contributed by atoms with van der Waals surface area (Å²) in [5.74, 6) is 0.463. The molecule has 0 spiro atoms. The van der Waals surface area contributed by atoms with Crippen LogP contribution in [-0.2, 0) is 20.4 Å². The molecule has 3 aromatic rings. The monoisotopic (exact) mass is 629 g/mol. The Hall–Kier alpha value is -3.42. The Bertz CT molecular complexity index is 1420. The first kappa shape index (κ1) is 34.5. The summed E-state index contributed by atoms with van der Waals surface area (Å²) in [5, 5.41) is 6.03. The molecular weight excluding hydrogens is 579 g/mol. The van der Waals surface area contributed by atoms with Gasteiger partial charge in [0.25, 0.3) is 8.32 Å². The van der Waals surface area contributed by atoms with E-state index in [1.54, 1.807) is 6.07 Å². The zero-order valence-electron chi connectivity index (χ0n) is 27.8. The van der Waals surface area contributed by atoms with Gasteiger partial charge < -0.3 is 18.9 Å². The van der Waals surface area contributed by atoms with Crippen molar-refractivity contribution in [1.82, 2.24) is 0 Å². The molecule has 0 amide bonds.